The van der Waals surface area contributed by atoms with E-state index >= 15 is 0 Å². The smallest absolute Gasteiger partial charge is 0.131 e. The Bertz CT molecular complexity index is 661. The molecule has 1 atom stereocenters. The van der Waals surface area contributed by atoms with Gasteiger partial charge in [-0.25, -0.2) is 8.78 Å². The highest BCUT2D eigenvalue weighted by atomic mass is 79.9. The fourth-order valence-electron chi connectivity index (χ4n) is 2.20. The maximum atomic E-state index is 14.2. The molecule has 2 aromatic carbocycles. The summed E-state index contributed by atoms with van der Waals surface area (Å²) in [7, 11) is 0. The molecule has 0 amide bonds. The highest BCUT2D eigenvalue weighted by molar-refractivity contribution is 9.10. The average Bonchev–Trinajstić information content (AvgIpc) is 2.44. The van der Waals surface area contributed by atoms with Crippen molar-refractivity contribution in [3.8, 4) is 0 Å². The predicted molar refractivity (Wildman–Crippen MR) is 85.8 cm³/mol. The van der Waals surface area contributed by atoms with E-state index in [9.17, 15) is 8.78 Å². The topological polar surface area (TPSA) is 12.0 Å². The van der Waals surface area contributed by atoms with Crippen molar-refractivity contribution in [2.75, 3.05) is 6.54 Å². The molecule has 0 aliphatic rings. The minimum atomic E-state index is -0.560. The van der Waals surface area contributed by atoms with Crippen LogP contribution in [0.3, 0.4) is 0 Å². The van der Waals surface area contributed by atoms with Crippen LogP contribution in [0.5, 0.6) is 0 Å². The first-order valence-corrected chi connectivity index (χ1v) is 7.75. The van der Waals surface area contributed by atoms with E-state index in [0.29, 0.717) is 22.7 Å². The zero-order chi connectivity index (χ0) is 15.6. The number of nitrogens with one attached hydrogen (secondary N) is 1. The molecule has 2 rings (SSSR count). The summed E-state index contributed by atoms with van der Waals surface area (Å²) in [5.74, 6) is -1.10. The number of hydrogen-bond acceptors (Lipinski definition) is 1. The summed E-state index contributed by atoms with van der Waals surface area (Å²) in [4.78, 5) is 0. The molecule has 21 heavy (non-hydrogen) atoms. The van der Waals surface area contributed by atoms with Gasteiger partial charge in [0, 0.05) is 16.1 Å². The van der Waals surface area contributed by atoms with E-state index in [-0.39, 0.29) is 6.04 Å². The molecule has 2 aromatic rings. The normalized spacial score (nSPS) is 12.5. The molecule has 112 valence electrons. The van der Waals surface area contributed by atoms with Crippen LogP contribution in [-0.4, -0.2) is 6.54 Å². The standard InChI is InChI=1S/C16H15BrClF2N/c1-3-21-16(10-4-5-13(18)12(17)7-10)11-6-9(2)14(19)8-15(11)20/h4-8,16,21H,3H2,1-2H3. The van der Waals surface area contributed by atoms with Crippen LogP contribution in [0.4, 0.5) is 8.78 Å². The molecular weight excluding hydrogens is 360 g/mol. The van der Waals surface area contributed by atoms with Crippen LogP contribution in [0.2, 0.25) is 5.02 Å². The molecule has 1 N–H and O–H groups in total. The molecule has 0 saturated carbocycles. The minimum Gasteiger partial charge on any atom is -0.306 e. The van der Waals surface area contributed by atoms with Gasteiger partial charge in [0.2, 0.25) is 0 Å². The van der Waals surface area contributed by atoms with E-state index in [2.05, 4.69) is 21.2 Å². The Morgan fingerprint density at radius 1 is 1.19 bits per heavy atom. The lowest BCUT2D eigenvalue weighted by Crippen LogP contribution is -2.23. The first-order chi connectivity index (χ1) is 9.93. The van der Waals surface area contributed by atoms with Gasteiger partial charge in [-0.1, -0.05) is 24.6 Å². The summed E-state index contributed by atoms with van der Waals surface area (Å²) < 4.78 is 28.3. The van der Waals surface area contributed by atoms with Crippen LogP contribution in [0.25, 0.3) is 0 Å². The van der Waals surface area contributed by atoms with Gasteiger partial charge in [-0.2, -0.15) is 0 Å². The Kier molecular flexibility index (Phi) is 5.36. The molecule has 1 unspecified atom stereocenters. The Morgan fingerprint density at radius 2 is 1.90 bits per heavy atom. The monoisotopic (exact) mass is 373 g/mol. The maximum absolute atomic E-state index is 14.2. The average molecular weight is 375 g/mol. The number of rotatable bonds is 4. The molecule has 0 fully saturated rings. The molecule has 0 saturated heterocycles. The molecule has 5 heteroatoms. The zero-order valence-electron chi connectivity index (χ0n) is 11.7. The van der Waals surface area contributed by atoms with Crippen molar-refractivity contribution >= 4 is 27.5 Å². The van der Waals surface area contributed by atoms with E-state index in [1.807, 2.05) is 19.1 Å². The van der Waals surface area contributed by atoms with E-state index in [1.165, 1.54) is 0 Å². The van der Waals surface area contributed by atoms with E-state index < -0.39 is 11.6 Å². The summed E-state index contributed by atoms with van der Waals surface area (Å²) in [6.45, 7) is 4.21. The summed E-state index contributed by atoms with van der Waals surface area (Å²) in [5.41, 5.74) is 1.70. The number of hydrogen-bond donors (Lipinski definition) is 1. The highest BCUT2D eigenvalue weighted by Gasteiger charge is 2.19. The molecular formula is C16H15BrClF2N. The van der Waals surface area contributed by atoms with Crippen LogP contribution in [0.1, 0.15) is 29.7 Å². The van der Waals surface area contributed by atoms with Crippen molar-refractivity contribution in [3.05, 3.63) is 68.2 Å². The third kappa shape index (κ3) is 3.62. The van der Waals surface area contributed by atoms with E-state index in [4.69, 9.17) is 11.6 Å². The second-order valence-corrected chi connectivity index (χ2v) is 6.05. The van der Waals surface area contributed by atoms with Gasteiger partial charge < -0.3 is 5.32 Å². The molecule has 0 radical (unpaired) electrons. The van der Waals surface area contributed by atoms with E-state index in [1.54, 1.807) is 19.1 Å². The lowest BCUT2D eigenvalue weighted by Gasteiger charge is -2.21. The third-order valence-corrected chi connectivity index (χ3v) is 4.49. The molecule has 1 nitrogen and oxygen atoms in total. The van der Waals surface area contributed by atoms with Gasteiger partial charge in [0.25, 0.3) is 0 Å². The summed E-state index contributed by atoms with van der Waals surface area (Å²) in [6, 6.07) is 7.54. The van der Waals surface area contributed by atoms with Crippen molar-refractivity contribution in [1.82, 2.24) is 5.32 Å². The fraction of sp³-hybridized carbons (Fsp3) is 0.250. The van der Waals surface area contributed by atoms with Crippen molar-refractivity contribution in [3.63, 3.8) is 0 Å². The lowest BCUT2D eigenvalue weighted by atomic mass is 9.96. The van der Waals surface area contributed by atoms with Crippen molar-refractivity contribution in [2.24, 2.45) is 0 Å². The molecule has 0 aliphatic carbocycles. The first-order valence-electron chi connectivity index (χ1n) is 6.58. The SMILES string of the molecule is CCNC(c1ccc(Cl)c(Br)c1)c1cc(C)c(F)cc1F. The fourth-order valence-corrected chi connectivity index (χ4v) is 2.72. The summed E-state index contributed by atoms with van der Waals surface area (Å²) in [5, 5.41) is 3.81. The maximum Gasteiger partial charge on any atom is 0.131 e. The van der Waals surface area contributed by atoms with Gasteiger partial charge in [-0.05, 0) is 58.7 Å². The van der Waals surface area contributed by atoms with Gasteiger partial charge >= 0.3 is 0 Å². The number of aryl methyl sites for hydroxylation is 1. The molecule has 0 bridgehead atoms. The van der Waals surface area contributed by atoms with Gasteiger partial charge in [0.05, 0.1) is 11.1 Å². The van der Waals surface area contributed by atoms with Crippen LogP contribution in [0.15, 0.2) is 34.8 Å². The Hall–Kier alpha value is -0.970. The molecule has 0 aromatic heterocycles. The van der Waals surface area contributed by atoms with Gasteiger partial charge in [-0.3, -0.25) is 0 Å². The highest BCUT2D eigenvalue weighted by Crippen LogP contribution is 2.31. The third-order valence-electron chi connectivity index (χ3n) is 3.27. The second kappa shape index (κ2) is 6.86. The Labute approximate surface area is 136 Å². The van der Waals surface area contributed by atoms with Gasteiger partial charge in [-0.15, -0.1) is 0 Å². The van der Waals surface area contributed by atoms with Crippen molar-refractivity contribution in [1.29, 1.82) is 0 Å². The van der Waals surface area contributed by atoms with Crippen LogP contribution >= 0.6 is 27.5 Å². The van der Waals surface area contributed by atoms with Gasteiger partial charge in [0.15, 0.2) is 0 Å². The van der Waals surface area contributed by atoms with Crippen molar-refractivity contribution in [2.45, 2.75) is 19.9 Å². The molecule has 0 heterocycles. The molecule has 0 aliphatic heterocycles. The second-order valence-electron chi connectivity index (χ2n) is 4.79. The quantitative estimate of drug-likeness (QED) is 0.757. The number of benzene rings is 2. The van der Waals surface area contributed by atoms with Crippen LogP contribution in [0, 0.1) is 18.6 Å². The lowest BCUT2D eigenvalue weighted by molar-refractivity contribution is 0.537. The minimum absolute atomic E-state index is 0.358. The molecule has 0 spiro atoms. The summed E-state index contributed by atoms with van der Waals surface area (Å²) >= 11 is 9.36. The van der Waals surface area contributed by atoms with Crippen LogP contribution in [-0.2, 0) is 0 Å². The van der Waals surface area contributed by atoms with Crippen LogP contribution < -0.4 is 5.32 Å². The number of halogens is 4. The Morgan fingerprint density at radius 3 is 2.52 bits per heavy atom. The largest absolute Gasteiger partial charge is 0.306 e. The van der Waals surface area contributed by atoms with E-state index in [0.717, 1.165) is 16.1 Å². The predicted octanol–water partition coefficient (Wildman–Crippen LogP) is 5.39. The first kappa shape index (κ1) is 16.4. The van der Waals surface area contributed by atoms with Gasteiger partial charge in [0.1, 0.15) is 11.6 Å². The zero-order valence-corrected chi connectivity index (χ0v) is 14.0. The summed E-state index contributed by atoms with van der Waals surface area (Å²) in [6.07, 6.45) is 0. The van der Waals surface area contributed by atoms with Crippen molar-refractivity contribution < 1.29 is 8.78 Å². The Balaban J connectivity index is 2.52.